The average Bonchev–Trinajstić information content (AvgIpc) is 3.84. The molecular formula is C38H55Cl2N3O13S2. The standard InChI is InChI=1S/C38H55Cl2N3O13S2/c1-10-13-28(46)43-30(20(3)4)27(54-22(6)44)16-29(47)53-17-25(45)32-41-24(19-57-32)36(50)55-26(14-12-15-38(8,39)40)21(5)34(48)56-31(37(7,51)11-2)33-42-23(18-58-33)35(49)52-9/h18-21,25-27,30-31,45,51H,10-17H2,1-9H3,(H,43,46)/t21-,25-,26+,27-,30-,31+,37+/m1/s1. The number of carbonyl (C=O) groups is 6. The number of amides is 1. The van der Waals surface area contributed by atoms with Gasteiger partial charge in [-0.25, -0.2) is 19.6 Å². The van der Waals surface area contributed by atoms with E-state index in [0.717, 1.165) is 22.7 Å². The lowest BCUT2D eigenvalue weighted by atomic mass is 9.95. The predicted octanol–water partition coefficient (Wildman–Crippen LogP) is 6.20. The molecule has 0 radical (unpaired) electrons. The number of thiazole rings is 2. The van der Waals surface area contributed by atoms with Gasteiger partial charge in [0.1, 0.15) is 44.9 Å². The first-order valence-electron chi connectivity index (χ1n) is 18.8. The molecule has 0 aliphatic carbocycles. The van der Waals surface area contributed by atoms with Crippen LogP contribution >= 0.6 is 45.9 Å². The number of methoxy groups -OCH3 is 1. The van der Waals surface area contributed by atoms with Crippen molar-refractivity contribution in [2.24, 2.45) is 11.8 Å². The molecular weight excluding hydrogens is 841 g/mol. The van der Waals surface area contributed by atoms with Gasteiger partial charge in [-0.3, -0.25) is 19.2 Å². The van der Waals surface area contributed by atoms with Crippen molar-refractivity contribution in [2.45, 2.75) is 141 Å². The minimum atomic E-state index is -1.59. The monoisotopic (exact) mass is 895 g/mol. The van der Waals surface area contributed by atoms with Crippen LogP contribution in [0.1, 0.15) is 144 Å². The second-order valence-corrected chi connectivity index (χ2v) is 18.1. The van der Waals surface area contributed by atoms with Crippen LogP contribution in [0, 0.1) is 11.8 Å². The van der Waals surface area contributed by atoms with E-state index < -0.39 is 89.2 Å². The van der Waals surface area contributed by atoms with Crippen LogP contribution in [0.4, 0.5) is 0 Å². The van der Waals surface area contributed by atoms with Crippen molar-refractivity contribution in [3.05, 3.63) is 32.2 Å². The Hall–Kier alpha value is -3.42. The van der Waals surface area contributed by atoms with E-state index in [0.29, 0.717) is 12.8 Å². The summed E-state index contributed by atoms with van der Waals surface area (Å²) in [4.78, 5) is 84.5. The minimum Gasteiger partial charge on any atom is -0.464 e. The van der Waals surface area contributed by atoms with Crippen molar-refractivity contribution in [3.8, 4) is 0 Å². The summed E-state index contributed by atoms with van der Waals surface area (Å²) in [7, 11) is 1.20. The highest BCUT2D eigenvalue weighted by molar-refractivity contribution is 7.10. The zero-order chi connectivity index (χ0) is 44.0. The first kappa shape index (κ1) is 50.7. The van der Waals surface area contributed by atoms with Crippen molar-refractivity contribution in [1.29, 1.82) is 0 Å². The fraction of sp³-hybridized carbons (Fsp3) is 0.684. The van der Waals surface area contributed by atoms with E-state index in [4.69, 9.17) is 46.9 Å². The number of aromatic nitrogens is 2. The molecule has 2 aromatic rings. The van der Waals surface area contributed by atoms with Crippen LogP contribution in [0.5, 0.6) is 0 Å². The number of aliphatic hydroxyl groups is 2. The summed E-state index contributed by atoms with van der Waals surface area (Å²) in [6.45, 7) is 12.3. The third-order valence-corrected chi connectivity index (χ3v) is 11.2. The van der Waals surface area contributed by atoms with Gasteiger partial charge in [0.2, 0.25) is 5.91 Å². The molecule has 326 valence electrons. The number of esters is 5. The van der Waals surface area contributed by atoms with Crippen LogP contribution in [0.15, 0.2) is 10.8 Å². The molecule has 0 saturated heterocycles. The Bertz CT molecular complexity index is 1690. The van der Waals surface area contributed by atoms with Gasteiger partial charge in [-0.1, -0.05) is 27.7 Å². The summed E-state index contributed by atoms with van der Waals surface area (Å²) in [5, 5.41) is 27.7. The number of alkyl halides is 2. The van der Waals surface area contributed by atoms with Crippen LogP contribution in [0.25, 0.3) is 0 Å². The molecule has 20 heteroatoms. The normalized spacial score (nSPS) is 15.8. The lowest BCUT2D eigenvalue weighted by Crippen LogP contribution is -2.49. The Kier molecular flexibility index (Phi) is 20.5. The first-order valence-corrected chi connectivity index (χ1v) is 21.4. The topological polar surface area (TPSA) is 227 Å². The van der Waals surface area contributed by atoms with Gasteiger partial charge < -0.3 is 39.2 Å². The summed E-state index contributed by atoms with van der Waals surface area (Å²) in [5.41, 5.74) is -1.81. The van der Waals surface area contributed by atoms with Crippen LogP contribution in [-0.4, -0.2) is 97.8 Å². The van der Waals surface area contributed by atoms with Crippen molar-refractivity contribution in [1.82, 2.24) is 15.3 Å². The van der Waals surface area contributed by atoms with Gasteiger partial charge in [-0.2, -0.15) is 0 Å². The number of nitrogens with one attached hydrogen (secondary N) is 1. The molecule has 3 N–H and O–H groups in total. The summed E-state index contributed by atoms with van der Waals surface area (Å²) in [6, 6.07) is -0.678. The van der Waals surface area contributed by atoms with Crippen molar-refractivity contribution < 1.29 is 62.7 Å². The van der Waals surface area contributed by atoms with E-state index >= 15 is 0 Å². The third kappa shape index (κ3) is 16.3. The largest absolute Gasteiger partial charge is 0.464 e. The summed E-state index contributed by atoms with van der Waals surface area (Å²) in [5.74, 6) is -5.48. The van der Waals surface area contributed by atoms with Crippen LogP contribution in [-0.2, 0) is 42.9 Å². The van der Waals surface area contributed by atoms with Crippen molar-refractivity contribution >= 4 is 81.6 Å². The van der Waals surface area contributed by atoms with Gasteiger partial charge >= 0.3 is 29.8 Å². The number of hydrogen-bond donors (Lipinski definition) is 3. The smallest absolute Gasteiger partial charge is 0.358 e. The maximum absolute atomic E-state index is 13.7. The van der Waals surface area contributed by atoms with Gasteiger partial charge in [0, 0.05) is 24.1 Å². The molecule has 2 aromatic heterocycles. The minimum absolute atomic E-state index is 0.0200. The molecule has 1 amide bonds. The van der Waals surface area contributed by atoms with Gasteiger partial charge in [0.05, 0.1) is 25.5 Å². The molecule has 2 heterocycles. The predicted molar refractivity (Wildman–Crippen MR) is 215 cm³/mol. The van der Waals surface area contributed by atoms with Gasteiger partial charge in [-0.05, 0) is 58.8 Å². The Labute approximate surface area is 356 Å². The summed E-state index contributed by atoms with van der Waals surface area (Å²) >= 11 is 14.2. The van der Waals surface area contributed by atoms with E-state index in [1.54, 1.807) is 27.7 Å². The number of aliphatic hydroxyl groups excluding tert-OH is 1. The van der Waals surface area contributed by atoms with E-state index in [2.05, 4.69) is 15.3 Å². The summed E-state index contributed by atoms with van der Waals surface area (Å²) < 4.78 is 25.8. The van der Waals surface area contributed by atoms with E-state index in [1.807, 2.05) is 6.92 Å². The maximum atomic E-state index is 13.7. The van der Waals surface area contributed by atoms with Gasteiger partial charge in [-0.15, -0.1) is 45.9 Å². The van der Waals surface area contributed by atoms with E-state index in [-0.39, 0.29) is 58.9 Å². The number of halogens is 2. The number of ether oxygens (including phenoxy) is 5. The molecule has 16 nitrogen and oxygen atoms in total. The zero-order valence-electron chi connectivity index (χ0n) is 34.2. The molecule has 0 aliphatic rings. The second kappa shape index (κ2) is 23.4. The van der Waals surface area contributed by atoms with Crippen molar-refractivity contribution in [2.75, 3.05) is 13.7 Å². The van der Waals surface area contributed by atoms with Gasteiger partial charge in [0.15, 0.2) is 17.5 Å². The molecule has 0 unspecified atom stereocenters. The quantitative estimate of drug-likeness (QED) is 0.0606. The average molecular weight is 897 g/mol. The molecule has 0 fully saturated rings. The number of rotatable bonds is 24. The Morgan fingerprint density at radius 2 is 1.52 bits per heavy atom. The maximum Gasteiger partial charge on any atom is 0.358 e. The lowest BCUT2D eigenvalue weighted by Gasteiger charge is -2.32. The second-order valence-electron chi connectivity index (χ2n) is 14.5. The number of hydrogen-bond acceptors (Lipinski definition) is 17. The van der Waals surface area contributed by atoms with Crippen LogP contribution < -0.4 is 5.32 Å². The molecule has 0 aliphatic heterocycles. The Balaban J connectivity index is 2.20. The van der Waals surface area contributed by atoms with Crippen molar-refractivity contribution in [3.63, 3.8) is 0 Å². The van der Waals surface area contributed by atoms with Crippen LogP contribution in [0.3, 0.4) is 0 Å². The van der Waals surface area contributed by atoms with Gasteiger partial charge in [0.25, 0.3) is 0 Å². The Morgan fingerprint density at radius 3 is 2.07 bits per heavy atom. The molecule has 2 rings (SSSR count). The zero-order valence-corrected chi connectivity index (χ0v) is 37.3. The highest BCUT2D eigenvalue weighted by atomic mass is 35.5. The van der Waals surface area contributed by atoms with Crippen LogP contribution in [0.2, 0.25) is 0 Å². The SMILES string of the molecule is CCCC(=O)N[C@H](C(C)C)[C@@H](CC(=O)OC[C@@H](O)c1nc(C(=O)O[C@@H](CCCC(C)(Cl)Cl)[C@@H](C)C(=O)O[C@@H](c2nc(C(=O)OC)cs2)[C@@](C)(O)CC)cs1)OC(C)=O. The molecule has 0 saturated carbocycles. The molecule has 58 heavy (non-hydrogen) atoms. The molecule has 0 aromatic carbocycles. The molecule has 0 spiro atoms. The number of carbonyl (C=O) groups excluding carboxylic acids is 6. The fourth-order valence-electron chi connectivity index (χ4n) is 5.46. The lowest BCUT2D eigenvalue weighted by molar-refractivity contribution is -0.173. The highest BCUT2D eigenvalue weighted by Crippen LogP contribution is 2.36. The van der Waals surface area contributed by atoms with E-state index in [9.17, 15) is 39.0 Å². The highest BCUT2D eigenvalue weighted by Gasteiger charge is 2.40. The Morgan fingerprint density at radius 1 is 0.914 bits per heavy atom. The third-order valence-electron chi connectivity index (χ3n) is 8.97. The van der Waals surface area contributed by atoms with E-state index in [1.165, 1.54) is 38.6 Å². The first-order chi connectivity index (χ1) is 27.0. The molecule has 7 atom stereocenters. The number of nitrogens with zero attached hydrogens (tertiary/aromatic N) is 2. The summed E-state index contributed by atoms with van der Waals surface area (Å²) in [6.07, 6.45) is -3.51. The fourth-order valence-corrected chi connectivity index (χ4v) is 7.45. The molecule has 0 bridgehead atoms.